The third-order valence-corrected chi connectivity index (χ3v) is 6.82. The quantitative estimate of drug-likeness (QED) is 0.619. The molecule has 128 valence electrons. The van der Waals surface area contributed by atoms with Gasteiger partial charge in [-0.05, 0) is 54.9 Å². The highest BCUT2D eigenvalue weighted by molar-refractivity contribution is 5.82. The highest BCUT2D eigenvalue weighted by Crippen LogP contribution is 2.60. The Bertz CT molecular complexity index is 744. The number of nitro groups is 1. The number of aryl methyl sites for hydroxylation is 2. The molecule has 24 heavy (non-hydrogen) atoms. The average molecular weight is 328 g/mol. The lowest BCUT2D eigenvalue weighted by Crippen LogP contribution is -2.49. The second kappa shape index (κ2) is 5.04. The molecule has 0 bridgehead atoms. The second-order valence-electron chi connectivity index (χ2n) is 7.98. The van der Waals surface area contributed by atoms with Gasteiger partial charge in [0.05, 0.1) is 5.54 Å². The summed E-state index contributed by atoms with van der Waals surface area (Å²) in [7, 11) is 0. The number of benzene rings is 1. The van der Waals surface area contributed by atoms with Crippen molar-refractivity contribution < 1.29 is 9.72 Å². The van der Waals surface area contributed by atoms with Gasteiger partial charge in [-0.15, -0.1) is 0 Å². The summed E-state index contributed by atoms with van der Waals surface area (Å²) >= 11 is 0. The van der Waals surface area contributed by atoms with E-state index in [9.17, 15) is 14.9 Å². The van der Waals surface area contributed by atoms with Crippen LogP contribution in [0.25, 0.3) is 0 Å². The van der Waals surface area contributed by atoms with Crippen molar-refractivity contribution in [3.8, 4) is 0 Å². The van der Waals surface area contributed by atoms with Crippen molar-refractivity contribution in [2.24, 2.45) is 17.8 Å². The molecule has 1 saturated heterocycles. The Kier molecular flexibility index (Phi) is 3.28. The maximum atomic E-state index is 12.7. The van der Waals surface area contributed by atoms with Crippen LogP contribution in [0.4, 0.5) is 0 Å². The molecule has 5 heteroatoms. The van der Waals surface area contributed by atoms with Crippen LogP contribution < -0.4 is 0 Å². The smallest absolute Gasteiger partial charge is 0.223 e. The number of fused-ring (bicyclic) bond motifs is 1. The minimum absolute atomic E-state index is 0.0125. The second-order valence-corrected chi connectivity index (χ2v) is 7.98. The van der Waals surface area contributed by atoms with Crippen molar-refractivity contribution in [3.63, 3.8) is 0 Å². The van der Waals surface area contributed by atoms with Crippen molar-refractivity contribution in [1.82, 2.24) is 4.90 Å². The van der Waals surface area contributed by atoms with E-state index in [1.54, 1.807) is 0 Å². The van der Waals surface area contributed by atoms with E-state index in [1.807, 2.05) is 0 Å². The van der Waals surface area contributed by atoms with Gasteiger partial charge in [0.2, 0.25) is 12.5 Å². The van der Waals surface area contributed by atoms with Crippen molar-refractivity contribution in [2.45, 2.75) is 45.6 Å². The van der Waals surface area contributed by atoms with Crippen LogP contribution in [0.15, 0.2) is 12.1 Å². The Balaban J connectivity index is 1.88. The Labute approximate surface area is 142 Å². The van der Waals surface area contributed by atoms with Crippen molar-refractivity contribution >= 4 is 5.91 Å². The molecule has 1 unspecified atom stereocenters. The zero-order chi connectivity index (χ0) is 17.2. The molecule has 1 amide bonds. The molecule has 5 nitrogen and oxygen atoms in total. The van der Waals surface area contributed by atoms with Crippen LogP contribution in [0.2, 0.25) is 0 Å². The minimum atomic E-state index is -0.302. The summed E-state index contributed by atoms with van der Waals surface area (Å²) in [6, 6.07) is 4.52. The first kappa shape index (κ1) is 15.6. The molecule has 0 aromatic heterocycles. The molecule has 4 atom stereocenters. The number of carbonyl (C=O) groups excluding carboxylic acids is 1. The maximum Gasteiger partial charge on any atom is 0.223 e. The fourth-order valence-electron chi connectivity index (χ4n) is 5.67. The van der Waals surface area contributed by atoms with Crippen LogP contribution in [-0.2, 0) is 16.8 Å². The summed E-state index contributed by atoms with van der Waals surface area (Å²) in [4.78, 5) is 25.7. The monoisotopic (exact) mass is 328 g/mol. The number of rotatable bonds is 2. The van der Waals surface area contributed by atoms with Gasteiger partial charge in [-0.3, -0.25) is 14.9 Å². The van der Waals surface area contributed by atoms with Gasteiger partial charge in [-0.2, -0.15) is 0 Å². The summed E-state index contributed by atoms with van der Waals surface area (Å²) in [6.07, 6.45) is 2.22. The topological polar surface area (TPSA) is 63.5 Å². The molecule has 1 aromatic rings. The molecule has 2 heterocycles. The van der Waals surface area contributed by atoms with Crippen molar-refractivity contribution in [2.75, 3.05) is 13.1 Å². The van der Waals surface area contributed by atoms with Crippen LogP contribution in [-0.4, -0.2) is 28.8 Å². The van der Waals surface area contributed by atoms with E-state index in [1.165, 1.54) is 22.3 Å². The van der Waals surface area contributed by atoms with E-state index in [2.05, 4.69) is 37.8 Å². The van der Waals surface area contributed by atoms with Crippen LogP contribution >= 0.6 is 0 Å². The lowest BCUT2D eigenvalue weighted by molar-refractivity contribution is -0.491. The van der Waals surface area contributed by atoms with E-state index in [-0.39, 0.29) is 40.7 Å². The standard InChI is InChI=1S/C19H24N2O3/c1-11-6-14-4-5-20-18(22)8-17-15(10-21(23)24)13(3)9-19(17,20)16(14)7-12(11)2/h6-7,13,15,17H,4-5,8-10H2,1-3H3/t13-,15+,17-,19?/m0/s1. The van der Waals surface area contributed by atoms with E-state index in [0.717, 1.165) is 19.4 Å². The van der Waals surface area contributed by atoms with Gasteiger partial charge >= 0.3 is 0 Å². The normalized spacial score (nSPS) is 34.0. The zero-order valence-electron chi connectivity index (χ0n) is 14.5. The molecule has 1 spiro atoms. The number of hydrogen-bond acceptors (Lipinski definition) is 3. The summed E-state index contributed by atoms with van der Waals surface area (Å²) in [5.74, 6) is 0.515. The van der Waals surface area contributed by atoms with E-state index in [4.69, 9.17) is 0 Å². The Morgan fingerprint density at radius 2 is 2.04 bits per heavy atom. The average Bonchev–Trinajstić information content (AvgIpc) is 2.92. The first-order chi connectivity index (χ1) is 11.3. The highest BCUT2D eigenvalue weighted by Gasteiger charge is 2.64. The number of amides is 1. The molecule has 1 aliphatic carbocycles. The van der Waals surface area contributed by atoms with Crippen molar-refractivity contribution in [3.05, 3.63) is 44.5 Å². The largest absolute Gasteiger partial charge is 0.332 e. The fraction of sp³-hybridized carbons (Fsp3) is 0.632. The fourth-order valence-corrected chi connectivity index (χ4v) is 5.67. The van der Waals surface area contributed by atoms with Gasteiger partial charge in [-0.1, -0.05) is 19.1 Å². The van der Waals surface area contributed by atoms with Crippen LogP contribution in [0.5, 0.6) is 0 Å². The first-order valence-corrected chi connectivity index (χ1v) is 8.87. The molecule has 2 fully saturated rings. The third-order valence-electron chi connectivity index (χ3n) is 6.82. The predicted octanol–water partition coefficient (Wildman–Crippen LogP) is 2.84. The minimum Gasteiger partial charge on any atom is -0.332 e. The SMILES string of the molecule is Cc1cc2c(cc1C)C13C[C@H](C)[C@@H](C[N+](=O)[O-])[C@@H]1CC(=O)N3CC2. The molecular weight excluding hydrogens is 304 g/mol. The predicted molar refractivity (Wildman–Crippen MR) is 90.3 cm³/mol. The van der Waals surface area contributed by atoms with E-state index >= 15 is 0 Å². The Morgan fingerprint density at radius 1 is 1.33 bits per heavy atom. The van der Waals surface area contributed by atoms with Crippen LogP contribution in [0.1, 0.15) is 42.0 Å². The summed E-state index contributed by atoms with van der Waals surface area (Å²) in [5.41, 5.74) is 4.83. The van der Waals surface area contributed by atoms with Gasteiger partial charge in [0.1, 0.15) is 0 Å². The maximum absolute atomic E-state index is 12.7. The Morgan fingerprint density at radius 3 is 2.75 bits per heavy atom. The van der Waals surface area contributed by atoms with Gasteiger partial charge in [0.15, 0.2) is 0 Å². The molecule has 3 aliphatic rings. The molecule has 1 aromatic carbocycles. The lowest BCUT2D eigenvalue weighted by Gasteiger charge is -2.45. The van der Waals surface area contributed by atoms with Crippen molar-refractivity contribution in [1.29, 1.82) is 0 Å². The summed E-state index contributed by atoms with van der Waals surface area (Å²) < 4.78 is 0. The molecule has 0 N–H and O–H groups in total. The van der Waals surface area contributed by atoms with E-state index < -0.39 is 0 Å². The van der Waals surface area contributed by atoms with Gasteiger partial charge in [0, 0.05) is 29.7 Å². The third kappa shape index (κ3) is 1.90. The van der Waals surface area contributed by atoms with Gasteiger partial charge in [-0.25, -0.2) is 0 Å². The van der Waals surface area contributed by atoms with Gasteiger partial charge in [0.25, 0.3) is 0 Å². The summed E-state index contributed by atoms with van der Waals surface area (Å²) in [5, 5.41) is 11.2. The molecule has 4 rings (SSSR count). The van der Waals surface area contributed by atoms with Crippen LogP contribution in [0.3, 0.4) is 0 Å². The summed E-state index contributed by atoms with van der Waals surface area (Å²) in [6.45, 7) is 7.10. The van der Waals surface area contributed by atoms with Crippen LogP contribution in [0, 0.1) is 41.7 Å². The highest BCUT2D eigenvalue weighted by atomic mass is 16.6. The van der Waals surface area contributed by atoms with E-state index in [0.29, 0.717) is 6.42 Å². The zero-order valence-corrected chi connectivity index (χ0v) is 14.5. The molecule has 1 saturated carbocycles. The van der Waals surface area contributed by atoms with Gasteiger partial charge < -0.3 is 4.90 Å². The number of carbonyl (C=O) groups is 1. The lowest BCUT2D eigenvalue weighted by atomic mass is 9.73. The molecule has 0 radical (unpaired) electrons. The molecule has 2 aliphatic heterocycles. The number of hydrogen-bond donors (Lipinski definition) is 0. The Hall–Kier alpha value is -1.91. The molecular formula is C19H24N2O3. The number of nitrogens with zero attached hydrogens (tertiary/aromatic N) is 2. The first-order valence-electron chi connectivity index (χ1n) is 8.87.